The maximum atomic E-state index is 4.58. The zero-order valence-corrected chi connectivity index (χ0v) is 10.6. The number of aliphatic imine (C=N–C) groups is 1. The number of aromatic nitrogens is 1. The van der Waals surface area contributed by atoms with Gasteiger partial charge < -0.3 is 4.98 Å². The van der Waals surface area contributed by atoms with E-state index < -0.39 is 0 Å². The van der Waals surface area contributed by atoms with Gasteiger partial charge in [-0.2, -0.15) is 5.69 Å². The van der Waals surface area contributed by atoms with Crippen LogP contribution >= 0.6 is 0 Å². The predicted octanol–water partition coefficient (Wildman–Crippen LogP) is 2.70. The van der Waals surface area contributed by atoms with Crippen molar-refractivity contribution in [3.8, 4) is 0 Å². The van der Waals surface area contributed by atoms with Crippen LogP contribution in [0.5, 0.6) is 0 Å². The van der Waals surface area contributed by atoms with Crippen LogP contribution in [0.15, 0.2) is 17.1 Å². The third-order valence-electron chi connectivity index (χ3n) is 2.79. The summed E-state index contributed by atoms with van der Waals surface area (Å²) in [6.45, 7) is 2.01. The van der Waals surface area contributed by atoms with Gasteiger partial charge in [0.1, 0.15) is 0 Å². The van der Waals surface area contributed by atoms with Crippen molar-refractivity contribution in [2.75, 3.05) is 0 Å². The molecule has 0 saturated heterocycles. The molecule has 0 spiro atoms. The topological polar surface area (TPSA) is 26.5 Å². The summed E-state index contributed by atoms with van der Waals surface area (Å²) < 4.78 is 0. The Morgan fingerprint density at radius 2 is 2.00 bits per heavy atom. The summed E-state index contributed by atoms with van der Waals surface area (Å²) in [6.07, 6.45) is 8.53. The van der Waals surface area contributed by atoms with Crippen LogP contribution in [0.1, 0.15) is 43.5 Å². The minimum absolute atomic E-state index is 0. The summed E-state index contributed by atoms with van der Waals surface area (Å²) in [7, 11) is 0. The first-order chi connectivity index (χ1) is 6.84. The van der Waals surface area contributed by atoms with Gasteiger partial charge in [0.05, 0.1) is 0 Å². The van der Waals surface area contributed by atoms with E-state index in [4.69, 9.17) is 0 Å². The standard InChI is InChI=1S/C12H17N2.V/c1-10-7-8-12(14-10)9-13-11-5-3-2-4-6-11;/h7-9,11H,2-6H2,1H3;/q-1;. The molecular weight excluding hydrogens is 223 g/mol. The summed E-state index contributed by atoms with van der Waals surface area (Å²) >= 11 is 0. The van der Waals surface area contributed by atoms with E-state index in [0.717, 1.165) is 11.4 Å². The van der Waals surface area contributed by atoms with E-state index in [1.807, 2.05) is 25.3 Å². The van der Waals surface area contributed by atoms with Crippen LogP contribution < -0.4 is 4.98 Å². The first-order valence-corrected chi connectivity index (χ1v) is 5.48. The zero-order valence-electron chi connectivity index (χ0n) is 9.19. The number of rotatable bonds is 2. The smallest absolute Gasteiger partial charge is 0.0499 e. The molecule has 0 aromatic carbocycles. The van der Waals surface area contributed by atoms with Crippen molar-refractivity contribution in [2.45, 2.75) is 45.1 Å². The van der Waals surface area contributed by atoms with Gasteiger partial charge in [0.2, 0.25) is 0 Å². The molecule has 2 rings (SSSR count). The van der Waals surface area contributed by atoms with Gasteiger partial charge in [-0.3, -0.25) is 4.99 Å². The SMILES string of the molecule is Cc1ccc(C=NC2CCCCC2)[n-]1.[V]. The molecule has 0 bridgehead atoms. The Kier molecular flexibility index (Phi) is 5.20. The predicted molar refractivity (Wildman–Crippen MR) is 59.0 cm³/mol. The van der Waals surface area contributed by atoms with Crippen molar-refractivity contribution >= 4 is 6.21 Å². The molecule has 0 N–H and O–H groups in total. The van der Waals surface area contributed by atoms with Gasteiger partial charge >= 0.3 is 0 Å². The Morgan fingerprint density at radius 3 is 2.60 bits per heavy atom. The Labute approximate surface area is 103 Å². The summed E-state index contributed by atoms with van der Waals surface area (Å²) in [6, 6.07) is 4.62. The second-order valence-electron chi connectivity index (χ2n) is 4.08. The minimum Gasteiger partial charge on any atom is -0.660 e. The fraction of sp³-hybridized carbons (Fsp3) is 0.583. The van der Waals surface area contributed by atoms with E-state index in [1.54, 1.807) is 0 Å². The maximum Gasteiger partial charge on any atom is 0.0499 e. The third kappa shape index (κ3) is 3.88. The van der Waals surface area contributed by atoms with Gasteiger partial charge in [-0.05, 0) is 12.8 Å². The molecule has 1 heterocycles. The first-order valence-electron chi connectivity index (χ1n) is 5.48. The Hall–Kier alpha value is -0.466. The largest absolute Gasteiger partial charge is 0.660 e. The molecule has 1 fully saturated rings. The van der Waals surface area contributed by atoms with Crippen molar-refractivity contribution in [2.24, 2.45) is 4.99 Å². The van der Waals surface area contributed by atoms with Gasteiger partial charge in [0.25, 0.3) is 0 Å². The second kappa shape index (κ2) is 6.19. The van der Waals surface area contributed by atoms with Crippen LogP contribution in [0.3, 0.4) is 0 Å². The number of hydrogen-bond acceptors (Lipinski definition) is 1. The normalized spacial score (nSPS) is 17.9. The monoisotopic (exact) mass is 240 g/mol. The number of nitrogens with zero attached hydrogens (tertiary/aromatic N) is 2. The molecular formula is C12H17N2V-. The first kappa shape index (κ1) is 12.6. The van der Waals surface area contributed by atoms with E-state index in [0.29, 0.717) is 6.04 Å². The Morgan fingerprint density at radius 1 is 1.27 bits per heavy atom. The molecule has 1 radical (unpaired) electrons. The van der Waals surface area contributed by atoms with E-state index >= 15 is 0 Å². The van der Waals surface area contributed by atoms with Crippen molar-refractivity contribution in [3.63, 3.8) is 0 Å². The molecule has 1 aliphatic rings. The van der Waals surface area contributed by atoms with Gasteiger partial charge in [0.15, 0.2) is 0 Å². The van der Waals surface area contributed by atoms with Gasteiger partial charge in [-0.25, -0.2) is 0 Å². The molecule has 1 aromatic heterocycles. The minimum atomic E-state index is 0. The van der Waals surface area contributed by atoms with E-state index in [1.165, 1.54) is 32.1 Å². The molecule has 0 unspecified atom stereocenters. The quantitative estimate of drug-likeness (QED) is 0.730. The van der Waals surface area contributed by atoms with E-state index in [9.17, 15) is 0 Å². The average molecular weight is 240 g/mol. The van der Waals surface area contributed by atoms with Gasteiger partial charge in [-0.1, -0.05) is 38.3 Å². The fourth-order valence-electron chi connectivity index (χ4n) is 1.97. The Balaban J connectivity index is 0.00000112. The van der Waals surface area contributed by atoms with Crippen molar-refractivity contribution < 1.29 is 18.6 Å². The molecule has 1 aliphatic carbocycles. The Bertz CT molecular complexity index is 311. The zero-order chi connectivity index (χ0) is 9.80. The van der Waals surface area contributed by atoms with Crippen LogP contribution in [0.2, 0.25) is 0 Å². The number of hydrogen-bond donors (Lipinski definition) is 0. The summed E-state index contributed by atoms with van der Waals surface area (Å²) in [5, 5.41) is 0. The van der Waals surface area contributed by atoms with Crippen LogP contribution in [0.25, 0.3) is 0 Å². The molecule has 15 heavy (non-hydrogen) atoms. The van der Waals surface area contributed by atoms with Crippen molar-refractivity contribution in [3.05, 3.63) is 23.5 Å². The molecule has 0 aliphatic heterocycles. The third-order valence-corrected chi connectivity index (χ3v) is 2.79. The molecule has 1 saturated carbocycles. The molecule has 81 valence electrons. The van der Waals surface area contributed by atoms with Gasteiger partial charge in [-0.15, -0.1) is 5.69 Å². The van der Waals surface area contributed by atoms with Crippen LogP contribution in [0, 0.1) is 6.92 Å². The van der Waals surface area contributed by atoms with Crippen LogP contribution in [-0.2, 0) is 18.6 Å². The summed E-state index contributed by atoms with van der Waals surface area (Å²) in [4.78, 5) is 8.93. The molecule has 3 heteroatoms. The molecule has 1 aromatic rings. The maximum absolute atomic E-state index is 4.58. The van der Waals surface area contributed by atoms with Crippen molar-refractivity contribution in [1.82, 2.24) is 4.98 Å². The summed E-state index contributed by atoms with van der Waals surface area (Å²) in [5.74, 6) is 0. The van der Waals surface area contributed by atoms with E-state index in [2.05, 4.69) is 9.98 Å². The molecule has 0 amide bonds. The van der Waals surface area contributed by atoms with E-state index in [-0.39, 0.29) is 18.6 Å². The molecule has 2 nitrogen and oxygen atoms in total. The number of aryl methyl sites for hydroxylation is 1. The van der Waals surface area contributed by atoms with Gasteiger partial charge in [0, 0.05) is 30.8 Å². The van der Waals surface area contributed by atoms with Crippen LogP contribution in [0.4, 0.5) is 0 Å². The summed E-state index contributed by atoms with van der Waals surface area (Å²) in [5.41, 5.74) is 2.09. The second-order valence-corrected chi connectivity index (χ2v) is 4.08. The average Bonchev–Trinajstić information content (AvgIpc) is 2.63. The molecule has 0 atom stereocenters. The van der Waals surface area contributed by atoms with Crippen LogP contribution in [-0.4, -0.2) is 12.3 Å². The fourth-order valence-corrected chi connectivity index (χ4v) is 1.97. The van der Waals surface area contributed by atoms with Crippen molar-refractivity contribution in [1.29, 1.82) is 0 Å².